The van der Waals surface area contributed by atoms with Gasteiger partial charge in [0.05, 0.1) is 11.4 Å². The molecule has 0 saturated carbocycles. The van der Waals surface area contributed by atoms with Crippen molar-refractivity contribution in [2.45, 2.75) is 19.9 Å². The maximum atomic E-state index is 12.1. The van der Waals surface area contributed by atoms with Gasteiger partial charge in [0.1, 0.15) is 0 Å². The molecule has 0 N–H and O–H groups in total. The van der Waals surface area contributed by atoms with Gasteiger partial charge in [-0.25, -0.2) is 0 Å². The van der Waals surface area contributed by atoms with Crippen LogP contribution in [0.2, 0.25) is 0 Å². The van der Waals surface area contributed by atoms with Gasteiger partial charge in [0.15, 0.2) is 5.78 Å². The Kier molecular flexibility index (Phi) is 3.33. The molecule has 0 aromatic carbocycles. The summed E-state index contributed by atoms with van der Waals surface area (Å²) in [7, 11) is 0. The van der Waals surface area contributed by atoms with Gasteiger partial charge >= 0.3 is 0 Å². The minimum absolute atomic E-state index is 0.256. The molecule has 0 fully saturated rings. The molecule has 0 amide bonds. The second kappa shape index (κ2) is 4.96. The van der Waals surface area contributed by atoms with Gasteiger partial charge in [0, 0.05) is 22.8 Å². The molecule has 1 aliphatic heterocycles. The third-order valence-electron chi connectivity index (χ3n) is 3.27. The lowest BCUT2D eigenvalue weighted by molar-refractivity contribution is 0.0926. The van der Waals surface area contributed by atoms with Gasteiger partial charge in [-0.15, -0.1) is 22.7 Å². The molecular formula is C14H15NOS2. The van der Waals surface area contributed by atoms with Crippen LogP contribution in [-0.2, 0) is 13.0 Å². The number of aryl methyl sites for hydroxylation is 1. The lowest BCUT2D eigenvalue weighted by Crippen LogP contribution is -2.34. The van der Waals surface area contributed by atoms with E-state index in [0.717, 1.165) is 24.4 Å². The van der Waals surface area contributed by atoms with E-state index in [4.69, 9.17) is 0 Å². The normalized spacial score (nSPS) is 15.6. The monoisotopic (exact) mass is 277 g/mol. The lowest BCUT2D eigenvalue weighted by Gasteiger charge is -2.25. The second-order valence-electron chi connectivity index (χ2n) is 4.66. The molecule has 18 heavy (non-hydrogen) atoms. The predicted molar refractivity (Wildman–Crippen MR) is 76.7 cm³/mol. The van der Waals surface area contributed by atoms with E-state index >= 15 is 0 Å². The third-order valence-corrected chi connectivity index (χ3v) is 5.33. The fourth-order valence-corrected chi connectivity index (χ4v) is 3.99. The Labute approximate surface area is 115 Å². The van der Waals surface area contributed by atoms with Gasteiger partial charge in [0.25, 0.3) is 0 Å². The molecule has 2 nitrogen and oxygen atoms in total. The number of hydrogen-bond acceptors (Lipinski definition) is 4. The summed E-state index contributed by atoms with van der Waals surface area (Å²) in [5.74, 6) is 0.256. The van der Waals surface area contributed by atoms with Crippen LogP contribution in [0.15, 0.2) is 23.6 Å². The van der Waals surface area contributed by atoms with E-state index in [9.17, 15) is 4.79 Å². The van der Waals surface area contributed by atoms with Crippen molar-refractivity contribution in [3.05, 3.63) is 43.8 Å². The van der Waals surface area contributed by atoms with E-state index < -0.39 is 0 Å². The standard InChI is InChI=1S/C14H15NOS2/c1-10-2-3-14(18-10)12(16)9-15-6-4-13-11(8-15)5-7-17-13/h2-3,5,7H,4,6,8-9H2,1H3. The zero-order valence-corrected chi connectivity index (χ0v) is 11.9. The zero-order chi connectivity index (χ0) is 12.5. The van der Waals surface area contributed by atoms with Gasteiger partial charge in [-0.05, 0) is 42.5 Å². The molecule has 94 valence electrons. The van der Waals surface area contributed by atoms with E-state index in [1.54, 1.807) is 11.3 Å². The van der Waals surface area contributed by atoms with Gasteiger partial charge < -0.3 is 0 Å². The summed E-state index contributed by atoms with van der Waals surface area (Å²) in [4.78, 5) is 18.0. The predicted octanol–water partition coefficient (Wildman–Crippen LogP) is 3.36. The summed E-state index contributed by atoms with van der Waals surface area (Å²) in [5, 5.41) is 2.15. The quantitative estimate of drug-likeness (QED) is 0.802. The van der Waals surface area contributed by atoms with Crippen molar-refractivity contribution in [1.82, 2.24) is 4.90 Å². The SMILES string of the molecule is Cc1ccc(C(=O)CN2CCc3sccc3C2)s1. The molecule has 3 rings (SSSR count). The minimum Gasteiger partial charge on any atom is -0.292 e. The second-order valence-corrected chi connectivity index (χ2v) is 6.95. The molecule has 1 aliphatic rings. The largest absolute Gasteiger partial charge is 0.292 e. The van der Waals surface area contributed by atoms with Gasteiger partial charge in [0.2, 0.25) is 0 Å². The zero-order valence-electron chi connectivity index (χ0n) is 10.3. The number of ketones is 1. The molecule has 0 aliphatic carbocycles. The van der Waals surface area contributed by atoms with Gasteiger partial charge in [-0.2, -0.15) is 0 Å². The first-order valence-electron chi connectivity index (χ1n) is 6.09. The average Bonchev–Trinajstić information content (AvgIpc) is 2.96. The average molecular weight is 277 g/mol. The smallest absolute Gasteiger partial charge is 0.186 e. The minimum atomic E-state index is 0.256. The van der Waals surface area contributed by atoms with Crippen molar-refractivity contribution in [2.75, 3.05) is 13.1 Å². The summed E-state index contributed by atoms with van der Waals surface area (Å²) in [5.41, 5.74) is 1.40. The molecule has 0 bridgehead atoms. The molecule has 0 spiro atoms. The number of nitrogens with zero attached hydrogens (tertiary/aromatic N) is 1. The molecule has 4 heteroatoms. The highest BCUT2D eigenvalue weighted by molar-refractivity contribution is 7.14. The van der Waals surface area contributed by atoms with Crippen LogP contribution < -0.4 is 0 Å². The number of hydrogen-bond donors (Lipinski definition) is 0. The van der Waals surface area contributed by atoms with Crippen LogP contribution in [0.4, 0.5) is 0 Å². The van der Waals surface area contributed by atoms with E-state index in [0.29, 0.717) is 6.54 Å². The van der Waals surface area contributed by atoms with Crippen LogP contribution in [0, 0.1) is 6.92 Å². The number of carbonyl (C=O) groups excluding carboxylic acids is 1. The molecule has 3 heterocycles. The molecule has 0 unspecified atom stereocenters. The molecule has 2 aromatic rings. The van der Waals surface area contributed by atoms with E-state index in [1.165, 1.54) is 15.3 Å². The molecular weight excluding hydrogens is 262 g/mol. The number of thiophene rings is 2. The van der Waals surface area contributed by atoms with Crippen LogP contribution >= 0.6 is 22.7 Å². The van der Waals surface area contributed by atoms with E-state index in [2.05, 4.69) is 16.3 Å². The first-order chi connectivity index (χ1) is 8.72. The summed E-state index contributed by atoms with van der Waals surface area (Å²) in [6.07, 6.45) is 1.09. The molecule has 2 aromatic heterocycles. The lowest BCUT2D eigenvalue weighted by atomic mass is 10.1. The number of carbonyl (C=O) groups is 1. The fourth-order valence-electron chi connectivity index (χ4n) is 2.31. The Bertz CT molecular complexity index is 570. The van der Waals surface area contributed by atoms with Crippen molar-refractivity contribution in [1.29, 1.82) is 0 Å². The number of Topliss-reactive ketones (excluding diaryl/α,β-unsaturated/α-hetero) is 1. The van der Waals surface area contributed by atoms with Crippen LogP contribution in [0.3, 0.4) is 0 Å². The third kappa shape index (κ3) is 2.41. The molecule has 0 saturated heterocycles. The molecule has 0 radical (unpaired) electrons. The number of rotatable bonds is 3. The van der Waals surface area contributed by atoms with Crippen LogP contribution in [-0.4, -0.2) is 23.8 Å². The van der Waals surface area contributed by atoms with Crippen molar-refractivity contribution >= 4 is 28.5 Å². The number of fused-ring (bicyclic) bond motifs is 1. The molecule has 0 atom stereocenters. The highest BCUT2D eigenvalue weighted by Gasteiger charge is 2.20. The highest BCUT2D eigenvalue weighted by Crippen LogP contribution is 2.24. The Morgan fingerprint density at radius 1 is 1.39 bits per heavy atom. The summed E-state index contributed by atoms with van der Waals surface area (Å²) in [6.45, 7) is 4.52. The van der Waals surface area contributed by atoms with Crippen LogP contribution in [0.5, 0.6) is 0 Å². The topological polar surface area (TPSA) is 20.3 Å². The maximum absolute atomic E-state index is 12.1. The summed E-state index contributed by atoms with van der Waals surface area (Å²) >= 11 is 3.43. The first-order valence-corrected chi connectivity index (χ1v) is 7.79. The first kappa shape index (κ1) is 12.1. The van der Waals surface area contributed by atoms with Crippen LogP contribution in [0.1, 0.15) is 25.0 Å². The Balaban J connectivity index is 1.66. The van der Waals surface area contributed by atoms with Crippen molar-refractivity contribution in [2.24, 2.45) is 0 Å². The summed E-state index contributed by atoms with van der Waals surface area (Å²) < 4.78 is 0. The van der Waals surface area contributed by atoms with E-state index in [-0.39, 0.29) is 5.78 Å². The maximum Gasteiger partial charge on any atom is 0.186 e. The summed E-state index contributed by atoms with van der Waals surface area (Å²) in [6, 6.07) is 6.15. The van der Waals surface area contributed by atoms with E-state index in [1.807, 2.05) is 30.4 Å². The van der Waals surface area contributed by atoms with Crippen molar-refractivity contribution in [3.8, 4) is 0 Å². The van der Waals surface area contributed by atoms with Crippen LogP contribution in [0.25, 0.3) is 0 Å². The van der Waals surface area contributed by atoms with Gasteiger partial charge in [-0.1, -0.05) is 0 Å². The fraction of sp³-hybridized carbons (Fsp3) is 0.357. The highest BCUT2D eigenvalue weighted by atomic mass is 32.1. The Morgan fingerprint density at radius 3 is 3.06 bits per heavy atom. The Hall–Kier alpha value is -0.970. The Morgan fingerprint density at radius 2 is 2.28 bits per heavy atom. The van der Waals surface area contributed by atoms with Crippen molar-refractivity contribution in [3.63, 3.8) is 0 Å². The van der Waals surface area contributed by atoms with Gasteiger partial charge in [-0.3, -0.25) is 9.69 Å². The van der Waals surface area contributed by atoms with Crippen molar-refractivity contribution < 1.29 is 4.79 Å².